The average Bonchev–Trinajstić information content (AvgIpc) is 0.918. The molecular formula is C2H4ClOZn-. The van der Waals surface area contributed by atoms with E-state index in [0.717, 1.165) is 0 Å². The van der Waals surface area contributed by atoms with Crippen molar-refractivity contribution in [2.24, 2.45) is 0 Å². The van der Waals surface area contributed by atoms with Crippen LogP contribution in [0.25, 0.3) is 0 Å². The van der Waals surface area contributed by atoms with Gasteiger partial charge in [0.1, 0.15) is 0 Å². The Bertz CT molecular complexity index is 17.1. The van der Waals surface area contributed by atoms with Gasteiger partial charge in [-0.3, -0.25) is 6.29 Å². The minimum atomic E-state index is 0. The predicted octanol–water partition coefficient (Wildman–Crippen LogP) is 0.535. The molecule has 3 heteroatoms. The second kappa shape index (κ2) is 23.5. The Hall–Kier alpha value is 0.583. The molecule has 0 aromatic heterocycles. The van der Waals surface area contributed by atoms with Crippen molar-refractivity contribution >= 4 is 18.7 Å². The van der Waals surface area contributed by atoms with Gasteiger partial charge in [-0.2, -0.15) is 6.92 Å². The molecule has 0 saturated heterocycles. The van der Waals surface area contributed by atoms with E-state index in [2.05, 4.69) is 0 Å². The first-order valence-corrected chi connectivity index (χ1v) is 0.704. The van der Waals surface area contributed by atoms with Crippen LogP contribution in [0.3, 0.4) is 0 Å². The summed E-state index contributed by atoms with van der Waals surface area (Å²) in [5.74, 6) is 0. The second-order valence-electron chi connectivity index (χ2n) is 0.204. The Morgan fingerprint density at radius 3 is 1.60 bits per heavy atom. The topological polar surface area (TPSA) is 17.1 Å². The molecule has 0 unspecified atom stereocenters. The predicted molar refractivity (Wildman–Crippen MR) is 18.6 cm³/mol. The summed E-state index contributed by atoms with van der Waals surface area (Å²) >= 11 is 0. The Morgan fingerprint density at radius 1 is 1.60 bits per heavy atom. The summed E-state index contributed by atoms with van der Waals surface area (Å²) in [6, 6.07) is 0. The van der Waals surface area contributed by atoms with E-state index >= 15 is 0 Å². The van der Waals surface area contributed by atoms with Gasteiger partial charge in [0, 0.05) is 19.5 Å². The third kappa shape index (κ3) is 89.9. The van der Waals surface area contributed by atoms with E-state index < -0.39 is 0 Å². The van der Waals surface area contributed by atoms with Crippen LogP contribution in [0.1, 0.15) is 6.92 Å². The van der Waals surface area contributed by atoms with Crippen LogP contribution in [-0.4, -0.2) is 6.29 Å². The molecule has 0 aliphatic rings. The molecule has 0 heterocycles. The summed E-state index contributed by atoms with van der Waals surface area (Å²) < 4.78 is 0. The molecular weight excluding hydrogens is 141 g/mol. The zero-order valence-corrected chi connectivity index (χ0v) is 6.81. The van der Waals surface area contributed by atoms with Gasteiger partial charge < -0.3 is 4.79 Å². The van der Waals surface area contributed by atoms with E-state index in [1.807, 2.05) is 0 Å². The van der Waals surface area contributed by atoms with Crippen LogP contribution in [-0.2, 0) is 24.3 Å². The number of hydrogen-bond donors (Lipinski definition) is 0. The number of halogens is 1. The molecule has 5 heavy (non-hydrogen) atoms. The minimum Gasteiger partial charge on any atom is -0.542 e. The summed E-state index contributed by atoms with van der Waals surface area (Å²) in [6.07, 6.45) is 1.50. The Balaban J connectivity index is -0.0000000200. The molecule has 0 saturated carbocycles. The van der Waals surface area contributed by atoms with Gasteiger partial charge >= 0.3 is 0 Å². The molecule has 0 aliphatic heterocycles. The van der Waals surface area contributed by atoms with Crippen LogP contribution in [0.4, 0.5) is 0 Å². The maximum atomic E-state index is 8.68. The van der Waals surface area contributed by atoms with Crippen molar-refractivity contribution in [3.63, 3.8) is 0 Å². The van der Waals surface area contributed by atoms with Crippen molar-refractivity contribution in [1.29, 1.82) is 0 Å². The fourth-order valence-electron chi connectivity index (χ4n) is 0. The van der Waals surface area contributed by atoms with Crippen LogP contribution >= 0.6 is 12.4 Å². The van der Waals surface area contributed by atoms with Crippen molar-refractivity contribution in [1.82, 2.24) is 0 Å². The monoisotopic (exact) mass is 143 g/mol. The average molecular weight is 145 g/mol. The largest absolute Gasteiger partial charge is 0.542 e. The van der Waals surface area contributed by atoms with E-state index in [1.165, 1.54) is 13.2 Å². The van der Waals surface area contributed by atoms with Crippen LogP contribution in [0, 0.1) is 0 Å². The third-order valence-corrected chi connectivity index (χ3v) is 0. The first-order chi connectivity index (χ1) is 1.41. The molecule has 0 radical (unpaired) electrons. The molecule has 0 aromatic carbocycles. The van der Waals surface area contributed by atoms with Crippen molar-refractivity contribution in [3.05, 3.63) is 0 Å². The molecule has 0 atom stereocenters. The van der Waals surface area contributed by atoms with Gasteiger partial charge in [0.15, 0.2) is 0 Å². The van der Waals surface area contributed by atoms with E-state index in [4.69, 9.17) is 4.79 Å². The molecule has 0 N–H and O–H groups in total. The van der Waals surface area contributed by atoms with Crippen LogP contribution in [0.2, 0.25) is 0 Å². The van der Waals surface area contributed by atoms with Gasteiger partial charge in [0.05, 0.1) is 0 Å². The Kier molecular flexibility index (Phi) is 82.5. The Labute approximate surface area is 50.3 Å². The van der Waals surface area contributed by atoms with E-state index in [0.29, 0.717) is 0 Å². The van der Waals surface area contributed by atoms with Crippen LogP contribution in [0.5, 0.6) is 0 Å². The molecule has 0 fully saturated rings. The molecule has 0 aromatic rings. The van der Waals surface area contributed by atoms with Crippen molar-refractivity contribution in [2.45, 2.75) is 6.92 Å². The summed E-state index contributed by atoms with van der Waals surface area (Å²) in [6.45, 7) is 1.32. The second-order valence-corrected chi connectivity index (χ2v) is 0.204. The zero-order valence-electron chi connectivity index (χ0n) is 3.02. The van der Waals surface area contributed by atoms with Crippen LogP contribution < -0.4 is 0 Å². The quantitative estimate of drug-likeness (QED) is 0.359. The van der Waals surface area contributed by atoms with Crippen molar-refractivity contribution < 1.29 is 24.3 Å². The SMILES string of the molecule is C[C-]=O.Cl.[Zn]. The molecule has 0 rings (SSSR count). The van der Waals surface area contributed by atoms with Gasteiger partial charge in [-0.05, 0) is 0 Å². The molecule has 0 aliphatic carbocycles. The summed E-state index contributed by atoms with van der Waals surface area (Å²) in [4.78, 5) is 8.68. The molecule has 0 spiro atoms. The Morgan fingerprint density at radius 2 is 1.60 bits per heavy atom. The van der Waals surface area contributed by atoms with E-state index in [9.17, 15) is 0 Å². The van der Waals surface area contributed by atoms with E-state index in [1.54, 1.807) is 0 Å². The van der Waals surface area contributed by atoms with Gasteiger partial charge in [-0.15, -0.1) is 12.4 Å². The minimum absolute atomic E-state index is 0. The van der Waals surface area contributed by atoms with Gasteiger partial charge in [-0.25, -0.2) is 0 Å². The van der Waals surface area contributed by atoms with Gasteiger partial charge in [-0.1, -0.05) is 0 Å². The summed E-state index contributed by atoms with van der Waals surface area (Å²) in [7, 11) is 0. The van der Waals surface area contributed by atoms with Crippen molar-refractivity contribution in [2.75, 3.05) is 0 Å². The maximum Gasteiger partial charge on any atom is 0 e. The maximum absolute atomic E-state index is 8.68. The fraction of sp³-hybridized carbons (Fsp3) is 0.500. The number of hydrogen-bond acceptors (Lipinski definition) is 1. The molecule has 0 amide bonds. The molecule has 1 nitrogen and oxygen atoms in total. The smallest absolute Gasteiger partial charge is 0 e. The molecule has 28 valence electrons. The van der Waals surface area contributed by atoms with Crippen LogP contribution in [0.15, 0.2) is 0 Å². The summed E-state index contributed by atoms with van der Waals surface area (Å²) in [5, 5.41) is 0. The molecule has 0 bridgehead atoms. The van der Waals surface area contributed by atoms with Gasteiger partial charge in [0.25, 0.3) is 0 Å². The van der Waals surface area contributed by atoms with E-state index in [-0.39, 0.29) is 31.9 Å². The third-order valence-electron chi connectivity index (χ3n) is 0. The first kappa shape index (κ1) is 17.6. The van der Waals surface area contributed by atoms with Crippen molar-refractivity contribution in [3.8, 4) is 0 Å². The number of carbonyl (C=O) groups excluding carboxylic acids is 1. The number of rotatable bonds is 0. The fourth-order valence-corrected chi connectivity index (χ4v) is 0. The standard InChI is InChI=1S/C2H3O.ClH.Zn/c1-2-3;;/h1H3;1H;/q-1;;. The first-order valence-electron chi connectivity index (χ1n) is 0.704. The zero-order chi connectivity index (χ0) is 2.71. The van der Waals surface area contributed by atoms with Gasteiger partial charge in [0.2, 0.25) is 0 Å². The summed E-state index contributed by atoms with van der Waals surface area (Å²) in [5.41, 5.74) is 0. The normalized spacial score (nSPS) is 2.60.